The Hall–Kier alpha value is -4.80. The van der Waals surface area contributed by atoms with Gasteiger partial charge in [0.2, 0.25) is 11.8 Å². The third-order valence-corrected chi connectivity index (χ3v) is 8.36. The van der Waals surface area contributed by atoms with E-state index in [2.05, 4.69) is 10.2 Å². The Labute approximate surface area is 230 Å². The minimum atomic E-state index is -1.46. The molecular formula is C29H27N5O6. The topological polar surface area (TPSA) is 127 Å². The second kappa shape index (κ2) is 8.87. The highest BCUT2D eigenvalue weighted by atomic mass is 16.2. The van der Waals surface area contributed by atoms with Gasteiger partial charge >= 0.3 is 12.1 Å². The molecule has 40 heavy (non-hydrogen) atoms. The number of nitrogens with one attached hydrogen (secondary N) is 1. The van der Waals surface area contributed by atoms with Gasteiger partial charge in [0.25, 0.3) is 11.8 Å². The van der Waals surface area contributed by atoms with Gasteiger partial charge in [-0.25, -0.2) is 14.5 Å². The summed E-state index contributed by atoms with van der Waals surface area (Å²) in [6, 6.07) is 10.3. The van der Waals surface area contributed by atoms with E-state index in [4.69, 9.17) is 0 Å². The van der Waals surface area contributed by atoms with Crippen LogP contribution in [-0.2, 0) is 25.6 Å². The molecule has 11 heteroatoms. The van der Waals surface area contributed by atoms with E-state index in [-0.39, 0.29) is 18.0 Å². The molecule has 0 saturated carbocycles. The van der Waals surface area contributed by atoms with Crippen molar-refractivity contribution in [2.24, 2.45) is 5.41 Å². The fraction of sp³-hybridized carbons (Fsp3) is 0.310. The molecular weight excluding hydrogens is 514 g/mol. The third kappa shape index (κ3) is 3.50. The van der Waals surface area contributed by atoms with Crippen LogP contribution in [0.25, 0.3) is 6.08 Å². The molecule has 3 fully saturated rings. The van der Waals surface area contributed by atoms with Crippen LogP contribution in [0.4, 0.5) is 21.0 Å². The maximum Gasteiger partial charge on any atom is 0.335 e. The summed E-state index contributed by atoms with van der Waals surface area (Å²) in [6.07, 6.45) is 2.90. The number of benzene rings is 2. The first kappa shape index (κ1) is 25.5. The first-order chi connectivity index (χ1) is 19.0. The number of amides is 8. The Kier molecular flexibility index (Phi) is 5.65. The molecule has 8 amide bonds. The van der Waals surface area contributed by atoms with E-state index in [1.807, 2.05) is 13.0 Å². The second-order valence-electron chi connectivity index (χ2n) is 10.7. The zero-order chi connectivity index (χ0) is 28.5. The number of rotatable bonds is 2. The average molecular weight is 542 g/mol. The van der Waals surface area contributed by atoms with Crippen molar-refractivity contribution >= 4 is 53.1 Å². The zero-order valence-electron chi connectivity index (χ0n) is 22.3. The normalized spacial score (nSPS) is 23.3. The first-order valence-corrected chi connectivity index (χ1v) is 13.0. The van der Waals surface area contributed by atoms with Crippen molar-refractivity contribution in [3.8, 4) is 0 Å². The molecule has 4 heterocycles. The molecule has 0 radical (unpaired) electrons. The SMILES string of the molecule is Cc1ccc(N2C(=O)NC(=O)/C(=C\c3ccc4c(c3)CC3(C(=O)N(C)C(=O)N(C)C3=O)C3CCCN43)C2=O)cc1. The third-order valence-electron chi connectivity index (χ3n) is 8.36. The van der Waals surface area contributed by atoms with Crippen LogP contribution in [0.1, 0.15) is 29.5 Å². The van der Waals surface area contributed by atoms with Crippen LogP contribution in [-0.4, -0.2) is 72.2 Å². The van der Waals surface area contributed by atoms with Gasteiger partial charge in [0.1, 0.15) is 5.57 Å². The maximum absolute atomic E-state index is 13.6. The number of anilines is 2. The van der Waals surface area contributed by atoms with Gasteiger partial charge in [-0.1, -0.05) is 23.8 Å². The number of hydrogen-bond donors (Lipinski definition) is 1. The molecule has 4 aliphatic rings. The zero-order valence-corrected chi connectivity index (χ0v) is 22.3. The van der Waals surface area contributed by atoms with Crippen LogP contribution in [0.3, 0.4) is 0 Å². The molecule has 1 unspecified atom stereocenters. The summed E-state index contributed by atoms with van der Waals surface area (Å²) in [5, 5.41) is 2.23. The summed E-state index contributed by atoms with van der Waals surface area (Å²) in [5.41, 5.74) is 1.66. The molecule has 6 rings (SSSR count). The number of carbonyl (C=O) groups is 6. The van der Waals surface area contributed by atoms with Crippen molar-refractivity contribution < 1.29 is 28.8 Å². The van der Waals surface area contributed by atoms with E-state index >= 15 is 0 Å². The molecule has 1 spiro atoms. The molecule has 2 aromatic carbocycles. The van der Waals surface area contributed by atoms with Crippen LogP contribution in [0.5, 0.6) is 0 Å². The van der Waals surface area contributed by atoms with Gasteiger partial charge in [-0.3, -0.25) is 34.3 Å². The molecule has 0 bridgehead atoms. The quantitative estimate of drug-likeness (QED) is 0.351. The number of imide groups is 4. The predicted octanol–water partition coefficient (Wildman–Crippen LogP) is 2.22. The average Bonchev–Trinajstić information content (AvgIpc) is 3.44. The lowest BCUT2D eigenvalue weighted by Crippen LogP contribution is -2.70. The van der Waals surface area contributed by atoms with Crippen molar-refractivity contribution in [2.75, 3.05) is 30.4 Å². The van der Waals surface area contributed by atoms with Crippen molar-refractivity contribution in [3.63, 3.8) is 0 Å². The predicted molar refractivity (Wildman–Crippen MR) is 144 cm³/mol. The standard InChI is InChI=1S/C29H27N5O6/c1-16-6-9-19(10-7-16)34-24(36)20(23(35)30-27(34)39)14-17-8-11-21-18(13-17)15-29(22-5-4-12-33(21)22)25(37)31(2)28(40)32(3)26(29)38/h6-11,13-14,22H,4-5,12,15H2,1-3H3,(H,30,35,39)/b20-14+. The Bertz CT molecular complexity index is 1540. The van der Waals surface area contributed by atoms with Gasteiger partial charge in [-0.15, -0.1) is 0 Å². The number of urea groups is 2. The molecule has 0 aromatic heterocycles. The highest BCUT2D eigenvalue weighted by Gasteiger charge is 2.63. The van der Waals surface area contributed by atoms with E-state index in [0.29, 0.717) is 29.8 Å². The fourth-order valence-corrected chi connectivity index (χ4v) is 6.38. The molecule has 1 atom stereocenters. The largest absolute Gasteiger partial charge is 0.367 e. The van der Waals surface area contributed by atoms with Crippen molar-refractivity contribution in [1.29, 1.82) is 0 Å². The van der Waals surface area contributed by atoms with E-state index in [1.54, 1.807) is 36.4 Å². The van der Waals surface area contributed by atoms with Gasteiger partial charge in [0, 0.05) is 26.3 Å². The van der Waals surface area contributed by atoms with Gasteiger partial charge in [0.05, 0.1) is 11.7 Å². The number of barbiturate groups is 2. The molecule has 4 aliphatic heterocycles. The summed E-state index contributed by atoms with van der Waals surface area (Å²) in [4.78, 5) is 83.3. The molecule has 2 aromatic rings. The minimum Gasteiger partial charge on any atom is -0.367 e. The number of nitrogens with zero attached hydrogens (tertiary/aromatic N) is 4. The molecule has 204 valence electrons. The lowest BCUT2D eigenvalue weighted by atomic mass is 9.68. The second-order valence-corrected chi connectivity index (χ2v) is 10.7. The van der Waals surface area contributed by atoms with Crippen LogP contribution in [0.15, 0.2) is 48.0 Å². The van der Waals surface area contributed by atoms with Crippen molar-refractivity contribution in [2.45, 2.75) is 32.2 Å². The fourth-order valence-electron chi connectivity index (χ4n) is 6.38. The number of hydrogen-bond acceptors (Lipinski definition) is 7. The summed E-state index contributed by atoms with van der Waals surface area (Å²) in [7, 11) is 2.78. The van der Waals surface area contributed by atoms with E-state index in [9.17, 15) is 28.8 Å². The number of fused-ring (bicyclic) bond motifs is 4. The molecule has 11 nitrogen and oxygen atoms in total. The van der Waals surface area contributed by atoms with Crippen LogP contribution < -0.4 is 15.1 Å². The van der Waals surface area contributed by atoms with Gasteiger partial charge in [-0.05, 0) is 67.7 Å². The summed E-state index contributed by atoms with van der Waals surface area (Å²) < 4.78 is 0. The highest BCUT2D eigenvalue weighted by Crippen LogP contribution is 2.49. The van der Waals surface area contributed by atoms with Crippen molar-refractivity contribution in [1.82, 2.24) is 15.1 Å². The highest BCUT2D eigenvalue weighted by molar-refractivity contribution is 6.39. The Morgan fingerprint density at radius 3 is 2.27 bits per heavy atom. The van der Waals surface area contributed by atoms with Crippen LogP contribution >= 0.6 is 0 Å². The molecule has 1 N–H and O–H groups in total. The van der Waals surface area contributed by atoms with E-state index in [0.717, 1.165) is 32.4 Å². The van der Waals surface area contributed by atoms with Crippen LogP contribution in [0, 0.1) is 12.3 Å². The molecule has 0 aliphatic carbocycles. The van der Waals surface area contributed by atoms with E-state index < -0.39 is 41.1 Å². The summed E-state index contributed by atoms with van der Waals surface area (Å²) >= 11 is 0. The summed E-state index contributed by atoms with van der Waals surface area (Å²) in [5.74, 6) is -2.63. The maximum atomic E-state index is 13.6. The Morgan fingerprint density at radius 2 is 1.60 bits per heavy atom. The van der Waals surface area contributed by atoms with Gasteiger partial charge < -0.3 is 4.90 Å². The number of aryl methyl sites for hydroxylation is 1. The van der Waals surface area contributed by atoms with Crippen LogP contribution in [0.2, 0.25) is 0 Å². The van der Waals surface area contributed by atoms with Gasteiger partial charge in [-0.2, -0.15) is 0 Å². The Morgan fingerprint density at radius 1 is 0.925 bits per heavy atom. The number of carbonyl (C=O) groups excluding carboxylic acids is 6. The minimum absolute atomic E-state index is 0.0776. The van der Waals surface area contributed by atoms with E-state index in [1.165, 1.54) is 20.2 Å². The lowest BCUT2D eigenvalue weighted by Gasteiger charge is -2.50. The summed E-state index contributed by atoms with van der Waals surface area (Å²) in [6.45, 7) is 2.53. The smallest absolute Gasteiger partial charge is 0.335 e. The lowest BCUT2D eigenvalue weighted by molar-refractivity contribution is -0.159. The Balaban J connectivity index is 1.40. The van der Waals surface area contributed by atoms with Gasteiger partial charge in [0.15, 0.2) is 5.41 Å². The molecule has 3 saturated heterocycles. The van der Waals surface area contributed by atoms with Crippen molar-refractivity contribution in [3.05, 3.63) is 64.7 Å². The monoisotopic (exact) mass is 541 g/mol. The first-order valence-electron chi connectivity index (χ1n) is 13.0.